The van der Waals surface area contributed by atoms with Gasteiger partial charge in [-0.15, -0.1) is 0 Å². The van der Waals surface area contributed by atoms with Gasteiger partial charge in [-0.3, -0.25) is 9.59 Å². The molecule has 2 N–H and O–H groups in total. The summed E-state index contributed by atoms with van der Waals surface area (Å²) in [6, 6.07) is 1.27. The maximum atomic E-state index is 13.5. The van der Waals surface area contributed by atoms with Crippen molar-refractivity contribution in [2.75, 3.05) is 26.7 Å². The summed E-state index contributed by atoms with van der Waals surface area (Å²) in [5, 5.41) is 20.4. The number of amides is 2. The zero-order valence-electron chi connectivity index (χ0n) is 21.0. The second-order valence-corrected chi connectivity index (χ2v) is 10.5. The second-order valence-electron chi connectivity index (χ2n) is 10.5. The maximum absolute atomic E-state index is 13.5. The molecule has 0 unspecified atom stereocenters. The van der Waals surface area contributed by atoms with E-state index in [1.54, 1.807) is 36.0 Å². The highest BCUT2D eigenvalue weighted by Gasteiger charge is 2.36. The number of hydrogen-bond donors (Lipinski definition) is 2. The number of rotatable bonds is 5. The van der Waals surface area contributed by atoms with E-state index in [2.05, 4.69) is 16.8 Å². The second kappa shape index (κ2) is 10.5. The first-order chi connectivity index (χ1) is 16.7. The topological polar surface area (TPSA) is 103 Å². The molecule has 2 amide bonds. The van der Waals surface area contributed by atoms with Gasteiger partial charge in [-0.05, 0) is 51.5 Å². The Kier molecular flexibility index (Phi) is 7.67. The molecule has 1 aliphatic heterocycles. The van der Waals surface area contributed by atoms with Crippen LogP contribution in [-0.2, 0) is 4.79 Å². The number of hydrogen-bond acceptors (Lipinski definition) is 6. The maximum Gasteiger partial charge on any atom is 0.259 e. The van der Waals surface area contributed by atoms with Crippen LogP contribution in [-0.4, -0.2) is 81.3 Å². The zero-order valence-corrected chi connectivity index (χ0v) is 21.0. The van der Waals surface area contributed by atoms with Gasteiger partial charge < -0.3 is 24.7 Å². The van der Waals surface area contributed by atoms with Gasteiger partial charge >= 0.3 is 0 Å². The summed E-state index contributed by atoms with van der Waals surface area (Å²) in [6.07, 6.45) is 7.35. The third-order valence-electron chi connectivity index (χ3n) is 7.68. The van der Waals surface area contributed by atoms with Crippen LogP contribution in [0.15, 0.2) is 12.3 Å². The van der Waals surface area contributed by atoms with Crippen molar-refractivity contribution < 1.29 is 24.5 Å². The monoisotopic (exact) mass is 483 g/mol. The average Bonchev–Trinajstić information content (AvgIpc) is 3.25. The fourth-order valence-electron chi connectivity index (χ4n) is 4.99. The smallest absolute Gasteiger partial charge is 0.259 e. The molecule has 0 spiro atoms. The molecule has 4 rings (SSSR count). The number of likely N-dealkylation sites (N-methyl/N-ethyl adjacent to an activating group) is 1. The van der Waals surface area contributed by atoms with Crippen LogP contribution in [0.3, 0.4) is 0 Å². The van der Waals surface area contributed by atoms with Crippen molar-refractivity contribution >= 4 is 11.8 Å². The first-order valence-electron chi connectivity index (χ1n) is 12.8. The van der Waals surface area contributed by atoms with E-state index in [1.807, 2.05) is 6.92 Å². The minimum Gasteiger partial charge on any atom is -0.472 e. The Labute approximate surface area is 207 Å². The summed E-state index contributed by atoms with van der Waals surface area (Å²) < 4.78 is 6.27. The lowest BCUT2D eigenvalue weighted by atomic mass is 9.84. The van der Waals surface area contributed by atoms with Gasteiger partial charge in [0.2, 0.25) is 11.8 Å². The van der Waals surface area contributed by atoms with E-state index >= 15 is 0 Å². The minimum atomic E-state index is -0.986. The van der Waals surface area contributed by atoms with E-state index in [0.29, 0.717) is 31.5 Å². The summed E-state index contributed by atoms with van der Waals surface area (Å²) >= 11 is 0. The van der Waals surface area contributed by atoms with E-state index in [0.717, 1.165) is 32.1 Å². The van der Waals surface area contributed by atoms with E-state index in [9.17, 15) is 19.8 Å². The van der Waals surface area contributed by atoms with Gasteiger partial charge in [0, 0.05) is 37.2 Å². The number of aliphatic hydroxyl groups excluding tert-OH is 1. The minimum absolute atomic E-state index is 0.0874. The summed E-state index contributed by atoms with van der Waals surface area (Å²) in [4.78, 5) is 34.1. The van der Waals surface area contributed by atoms with Crippen molar-refractivity contribution in [1.29, 1.82) is 0 Å². The zero-order chi connectivity index (χ0) is 25.2. The van der Waals surface area contributed by atoms with Crippen LogP contribution in [0, 0.1) is 23.7 Å². The van der Waals surface area contributed by atoms with Gasteiger partial charge in [0.15, 0.2) is 0 Å². The Morgan fingerprint density at radius 1 is 1.34 bits per heavy atom. The van der Waals surface area contributed by atoms with Gasteiger partial charge in [-0.1, -0.05) is 25.2 Å². The van der Waals surface area contributed by atoms with E-state index in [4.69, 9.17) is 4.74 Å². The lowest BCUT2D eigenvalue weighted by molar-refractivity contribution is -0.138. The fraction of sp³-hybridized carbons (Fsp3) is 0.667. The Hall–Kier alpha value is -2.63. The van der Waals surface area contributed by atoms with Gasteiger partial charge in [0.1, 0.15) is 17.3 Å². The molecule has 1 aromatic rings. The first kappa shape index (κ1) is 25.5. The molecule has 3 aliphatic rings. The summed E-state index contributed by atoms with van der Waals surface area (Å²) in [5.41, 5.74) is -0.180. The quantitative estimate of drug-likeness (QED) is 0.623. The van der Waals surface area contributed by atoms with Gasteiger partial charge in [-0.2, -0.15) is 0 Å². The molecule has 0 saturated heterocycles. The lowest BCUT2D eigenvalue weighted by Crippen LogP contribution is -2.51. The van der Waals surface area contributed by atoms with Crippen LogP contribution >= 0.6 is 0 Å². The van der Waals surface area contributed by atoms with E-state index in [-0.39, 0.29) is 53.8 Å². The van der Waals surface area contributed by atoms with Crippen LogP contribution in [0.1, 0.15) is 74.7 Å². The molecule has 8 heteroatoms. The number of carbonyl (C=O) groups excluding carboxylic acids is 2. The average molecular weight is 484 g/mol. The Bertz CT molecular complexity index is 1010. The Morgan fingerprint density at radius 3 is 2.69 bits per heavy atom. The van der Waals surface area contributed by atoms with E-state index < -0.39 is 5.60 Å². The molecular weight excluding hydrogens is 446 g/mol. The molecular formula is C27H37N3O5. The molecule has 2 saturated carbocycles. The highest BCUT2D eigenvalue weighted by atomic mass is 16.5. The highest BCUT2D eigenvalue weighted by molar-refractivity contribution is 5.97. The van der Waals surface area contributed by atoms with Crippen LogP contribution in [0.4, 0.5) is 0 Å². The van der Waals surface area contributed by atoms with Crippen molar-refractivity contribution in [3.8, 4) is 17.7 Å². The predicted octanol–water partition coefficient (Wildman–Crippen LogP) is 2.22. The molecule has 0 bridgehead atoms. The van der Waals surface area contributed by atoms with Crippen molar-refractivity contribution in [2.45, 2.75) is 76.5 Å². The molecule has 0 aromatic carbocycles. The molecule has 2 heterocycles. The van der Waals surface area contributed by atoms with Crippen LogP contribution in [0.25, 0.3) is 0 Å². The number of aromatic nitrogens is 1. The largest absolute Gasteiger partial charge is 0.472 e. The molecule has 2 aliphatic carbocycles. The van der Waals surface area contributed by atoms with Crippen molar-refractivity contribution in [3.05, 3.63) is 23.4 Å². The van der Waals surface area contributed by atoms with Crippen molar-refractivity contribution in [3.63, 3.8) is 0 Å². The predicted molar refractivity (Wildman–Crippen MR) is 131 cm³/mol. The molecule has 35 heavy (non-hydrogen) atoms. The summed E-state index contributed by atoms with van der Waals surface area (Å²) in [7, 11) is 1.80. The summed E-state index contributed by atoms with van der Waals surface area (Å²) in [5.74, 6) is 6.02. The van der Waals surface area contributed by atoms with E-state index in [1.165, 1.54) is 0 Å². The van der Waals surface area contributed by atoms with Gasteiger partial charge in [-0.25, -0.2) is 4.98 Å². The summed E-state index contributed by atoms with van der Waals surface area (Å²) in [6.45, 7) is 4.40. The Morgan fingerprint density at radius 2 is 2.06 bits per heavy atom. The fourth-order valence-corrected chi connectivity index (χ4v) is 4.99. The number of nitrogens with zero attached hydrogens (tertiary/aromatic N) is 3. The highest BCUT2D eigenvalue weighted by Crippen LogP contribution is 2.31. The number of aliphatic hydroxyl groups is 2. The molecule has 3 atom stereocenters. The Balaban J connectivity index is 1.63. The number of carbonyl (C=O) groups is 2. The first-order valence-corrected chi connectivity index (χ1v) is 12.8. The molecule has 1 aromatic heterocycles. The van der Waals surface area contributed by atoms with Gasteiger partial charge in [0.05, 0.1) is 19.2 Å². The molecule has 8 nitrogen and oxygen atoms in total. The molecule has 0 radical (unpaired) electrons. The van der Waals surface area contributed by atoms with Crippen molar-refractivity contribution in [2.24, 2.45) is 11.8 Å². The molecule has 2 fully saturated rings. The number of fused-ring (bicyclic) bond motifs is 1. The van der Waals surface area contributed by atoms with Crippen LogP contribution < -0.4 is 4.74 Å². The lowest BCUT2D eigenvalue weighted by Gasteiger charge is -2.38. The standard InChI is InChI=1S/C27H37N3O5/c1-18-15-30(19(2)17-31)26(33)22-13-20(9-12-27(34)10-4-5-11-27)14-28-24(22)35-23(18)16-29(3)25(32)21-7-6-8-21/h13-14,18-19,21,23,31,34H,4-8,10-11,15-17H2,1-3H3/t18-,19-,23+/m0/s1. The van der Waals surface area contributed by atoms with Crippen molar-refractivity contribution in [1.82, 2.24) is 14.8 Å². The van der Waals surface area contributed by atoms with Gasteiger partial charge in [0.25, 0.3) is 5.91 Å². The third-order valence-corrected chi connectivity index (χ3v) is 7.68. The normalized spacial score (nSPS) is 24.7. The molecule has 190 valence electrons. The third kappa shape index (κ3) is 5.62. The number of ether oxygens (including phenoxy) is 1. The van der Waals surface area contributed by atoms with Crippen LogP contribution in [0.2, 0.25) is 0 Å². The SMILES string of the molecule is C[C@H]1CN([C@@H](C)CO)C(=O)c2cc(C#CC3(O)CCCC3)cnc2O[C@@H]1CN(C)C(=O)C1CCC1. The van der Waals surface area contributed by atoms with Crippen LogP contribution in [0.5, 0.6) is 5.88 Å². The number of pyridine rings is 1.